The van der Waals surface area contributed by atoms with Crippen LogP contribution in [0.3, 0.4) is 0 Å². The van der Waals surface area contributed by atoms with Gasteiger partial charge < -0.3 is 15.2 Å². The van der Waals surface area contributed by atoms with Crippen molar-refractivity contribution in [2.75, 3.05) is 6.54 Å². The van der Waals surface area contributed by atoms with Crippen LogP contribution in [0, 0.1) is 6.92 Å². The molecule has 0 saturated heterocycles. The summed E-state index contributed by atoms with van der Waals surface area (Å²) in [4.78, 5) is 12.1. The van der Waals surface area contributed by atoms with Gasteiger partial charge in [-0.05, 0) is 50.1 Å². The largest absolute Gasteiger partial charge is 0.491 e. The molecule has 1 atom stereocenters. The number of aliphatic hydroxyl groups excluding tert-OH is 1. The highest BCUT2D eigenvalue weighted by Gasteiger charge is 2.12. The number of nitrogens with one attached hydrogen (secondary N) is 1. The molecule has 0 aromatic heterocycles. The minimum Gasteiger partial charge on any atom is -0.491 e. The second-order valence-electron chi connectivity index (χ2n) is 5.78. The van der Waals surface area contributed by atoms with Gasteiger partial charge in [0.15, 0.2) is 0 Å². The van der Waals surface area contributed by atoms with Crippen molar-refractivity contribution in [3.05, 3.63) is 65.2 Å². The fraction of sp³-hybridized carbons (Fsp3) is 0.316. The van der Waals surface area contributed by atoms with Crippen molar-refractivity contribution < 1.29 is 14.6 Å². The van der Waals surface area contributed by atoms with Gasteiger partial charge in [-0.25, -0.2) is 0 Å². The molecule has 2 rings (SSSR count). The molecule has 2 aromatic rings. The van der Waals surface area contributed by atoms with Gasteiger partial charge in [0.05, 0.1) is 12.2 Å². The smallest absolute Gasteiger partial charge is 0.251 e. The number of carbonyl (C=O) groups is 1. The fourth-order valence-electron chi connectivity index (χ4n) is 2.27. The Morgan fingerprint density at radius 1 is 1.13 bits per heavy atom. The summed E-state index contributed by atoms with van der Waals surface area (Å²) in [5.41, 5.74) is 2.28. The number of carbonyl (C=O) groups excluding carboxylic acids is 1. The summed E-state index contributed by atoms with van der Waals surface area (Å²) in [7, 11) is 0. The van der Waals surface area contributed by atoms with Crippen LogP contribution in [0.25, 0.3) is 0 Å². The highest BCUT2D eigenvalue weighted by atomic mass is 16.5. The van der Waals surface area contributed by atoms with Gasteiger partial charge in [0.25, 0.3) is 5.91 Å². The van der Waals surface area contributed by atoms with E-state index in [-0.39, 0.29) is 18.6 Å². The van der Waals surface area contributed by atoms with Gasteiger partial charge in [-0.15, -0.1) is 0 Å². The zero-order valence-corrected chi connectivity index (χ0v) is 13.7. The Morgan fingerprint density at radius 2 is 1.78 bits per heavy atom. The Hall–Kier alpha value is -2.33. The van der Waals surface area contributed by atoms with Gasteiger partial charge in [0.2, 0.25) is 0 Å². The van der Waals surface area contributed by atoms with Crippen LogP contribution in [0.1, 0.15) is 41.4 Å². The third-order valence-electron chi connectivity index (χ3n) is 3.48. The van der Waals surface area contributed by atoms with Crippen molar-refractivity contribution in [3.8, 4) is 5.75 Å². The van der Waals surface area contributed by atoms with Gasteiger partial charge in [-0.1, -0.05) is 30.3 Å². The van der Waals surface area contributed by atoms with E-state index in [0.717, 1.165) is 16.9 Å². The summed E-state index contributed by atoms with van der Waals surface area (Å²) < 4.78 is 5.57. The Bertz CT molecular complexity index is 650. The molecule has 1 amide bonds. The number of rotatable bonds is 6. The highest BCUT2D eigenvalue weighted by Crippen LogP contribution is 2.18. The Morgan fingerprint density at radius 3 is 2.39 bits per heavy atom. The lowest BCUT2D eigenvalue weighted by molar-refractivity contribution is 0.0915. The number of hydrogen-bond acceptors (Lipinski definition) is 3. The van der Waals surface area contributed by atoms with E-state index in [1.807, 2.05) is 63.2 Å². The zero-order valence-electron chi connectivity index (χ0n) is 13.7. The van der Waals surface area contributed by atoms with Crippen molar-refractivity contribution in [2.24, 2.45) is 0 Å². The van der Waals surface area contributed by atoms with Gasteiger partial charge in [0, 0.05) is 12.1 Å². The van der Waals surface area contributed by atoms with E-state index in [1.54, 1.807) is 6.07 Å². The zero-order chi connectivity index (χ0) is 16.8. The van der Waals surface area contributed by atoms with E-state index in [4.69, 9.17) is 4.74 Å². The maximum atomic E-state index is 12.1. The Kier molecular flexibility index (Phi) is 5.77. The van der Waals surface area contributed by atoms with Gasteiger partial charge >= 0.3 is 0 Å². The monoisotopic (exact) mass is 313 g/mol. The van der Waals surface area contributed by atoms with E-state index in [9.17, 15) is 9.90 Å². The first-order chi connectivity index (χ1) is 11.0. The van der Waals surface area contributed by atoms with Crippen LogP contribution in [-0.4, -0.2) is 23.7 Å². The fourth-order valence-corrected chi connectivity index (χ4v) is 2.27. The predicted molar refractivity (Wildman–Crippen MR) is 90.7 cm³/mol. The first kappa shape index (κ1) is 17.0. The third-order valence-corrected chi connectivity index (χ3v) is 3.48. The van der Waals surface area contributed by atoms with Crippen molar-refractivity contribution in [3.63, 3.8) is 0 Å². The highest BCUT2D eigenvalue weighted by molar-refractivity contribution is 5.95. The number of benzene rings is 2. The molecule has 0 aliphatic heterocycles. The lowest BCUT2D eigenvalue weighted by Crippen LogP contribution is -2.28. The van der Waals surface area contributed by atoms with Crippen LogP contribution in [0.5, 0.6) is 5.75 Å². The van der Waals surface area contributed by atoms with Gasteiger partial charge in [-0.3, -0.25) is 4.79 Å². The SMILES string of the molecule is Cc1ccccc1C(=O)NCC(O)c1ccc(OC(C)C)cc1. The van der Waals surface area contributed by atoms with Gasteiger partial charge in [-0.2, -0.15) is 0 Å². The molecule has 0 fully saturated rings. The summed E-state index contributed by atoms with van der Waals surface area (Å²) in [5, 5.41) is 13.0. The molecule has 0 bridgehead atoms. The molecule has 23 heavy (non-hydrogen) atoms. The number of aryl methyl sites for hydroxylation is 1. The molecule has 0 aliphatic rings. The van der Waals surface area contributed by atoms with Crippen LogP contribution in [0.15, 0.2) is 48.5 Å². The van der Waals surface area contributed by atoms with Crippen LogP contribution in [-0.2, 0) is 0 Å². The van der Waals surface area contributed by atoms with Crippen LogP contribution < -0.4 is 10.1 Å². The number of amides is 1. The first-order valence-electron chi connectivity index (χ1n) is 7.76. The van der Waals surface area contributed by atoms with E-state index in [2.05, 4.69) is 5.32 Å². The van der Waals surface area contributed by atoms with Gasteiger partial charge in [0.1, 0.15) is 5.75 Å². The number of ether oxygens (including phenoxy) is 1. The molecular weight excluding hydrogens is 290 g/mol. The van der Waals surface area contributed by atoms with Crippen molar-refractivity contribution in [1.82, 2.24) is 5.32 Å². The normalized spacial score (nSPS) is 12.0. The number of hydrogen-bond donors (Lipinski definition) is 2. The molecule has 0 spiro atoms. The van der Waals surface area contributed by atoms with Crippen molar-refractivity contribution >= 4 is 5.91 Å². The summed E-state index contributed by atoms with van der Waals surface area (Å²) >= 11 is 0. The summed E-state index contributed by atoms with van der Waals surface area (Å²) in [6.45, 7) is 5.98. The second-order valence-corrected chi connectivity index (χ2v) is 5.78. The first-order valence-corrected chi connectivity index (χ1v) is 7.76. The molecule has 0 aliphatic carbocycles. The van der Waals surface area contributed by atoms with Crippen molar-refractivity contribution in [2.45, 2.75) is 33.0 Å². The molecule has 1 unspecified atom stereocenters. The molecular formula is C19H23NO3. The third kappa shape index (κ3) is 4.83. The molecule has 4 nitrogen and oxygen atoms in total. The molecule has 0 heterocycles. The lowest BCUT2D eigenvalue weighted by Gasteiger charge is -2.14. The molecule has 0 saturated carbocycles. The van der Waals surface area contributed by atoms with E-state index in [0.29, 0.717) is 5.56 Å². The van der Waals surface area contributed by atoms with E-state index < -0.39 is 6.10 Å². The topological polar surface area (TPSA) is 58.6 Å². The quantitative estimate of drug-likeness (QED) is 0.860. The summed E-state index contributed by atoms with van der Waals surface area (Å²) in [6.07, 6.45) is -0.643. The minimum atomic E-state index is -0.754. The summed E-state index contributed by atoms with van der Waals surface area (Å²) in [6, 6.07) is 14.6. The molecule has 2 N–H and O–H groups in total. The maximum Gasteiger partial charge on any atom is 0.251 e. The molecule has 2 aromatic carbocycles. The average Bonchev–Trinajstić information content (AvgIpc) is 2.53. The molecule has 0 radical (unpaired) electrons. The minimum absolute atomic E-state index is 0.110. The number of aliphatic hydroxyl groups is 1. The van der Waals surface area contributed by atoms with E-state index >= 15 is 0 Å². The molecule has 4 heteroatoms. The predicted octanol–water partition coefficient (Wildman–Crippen LogP) is 3.25. The summed E-state index contributed by atoms with van der Waals surface area (Å²) in [5.74, 6) is 0.585. The Balaban J connectivity index is 1.93. The van der Waals surface area contributed by atoms with E-state index in [1.165, 1.54) is 0 Å². The maximum absolute atomic E-state index is 12.1. The standard InChI is InChI=1S/C19H23NO3/c1-13(2)23-16-10-8-15(9-11-16)18(21)12-20-19(22)17-7-5-4-6-14(17)3/h4-11,13,18,21H,12H2,1-3H3,(H,20,22). The van der Waals surface area contributed by atoms with Crippen LogP contribution in [0.4, 0.5) is 0 Å². The van der Waals surface area contributed by atoms with Crippen LogP contribution in [0.2, 0.25) is 0 Å². The Labute approximate surface area is 137 Å². The second kappa shape index (κ2) is 7.79. The lowest BCUT2D eigenvalue weighted by atomic mass is 10.1. The van der Waals surface area contributed by atoms with Crippen LogP contribution >= 0.6 is 0 Å². The average molecular weight is 313 g/mol. The van der Waals surface area contributed by atoms with Crippen molar-refractivity contribution in [1.29, 1.82) is 0 Å². The molecule has 122 valence electrons.